The maximum atomic E-state index is 13.2. The molecule has 1 aliphatic heterocycles. The smallest absolute Gasteiger partial charge is 0.303 e. The van der Waals surface area contributed by atoms with Gasteiger partial charge in [-0.25, -0.2) is 4.39 Å². The molecule has 1 atom stereocenters. The van der Waals surface area contributed by atoms with E-state index in [-0.39, 0.29) is 12.2 Å². The van der Waals surface area contributed by atoms with E-state index in [0.717, 1.165) is 44.3 Å². The maximum Gasteiger partial charge on any atom is 0.303 e. The summed E-state index contributed by atoms with van der Waals surface area (Å²) >= 11 is 0. The summed E-state index contributed by atoms with van der Waals surface area (Å²) in [4.78, 5) is 13.0. The first-order valence-corrected chi connectivity index (χ1v) is 7.75. The van der Waals surface area contributed by atoms with Crippen LogP contribution in [0.5, 0.6) is 0 Å². The number of hydrogen-bond acceptors (Lipinski definition) is 2. The van der Waals surface area contributed by atoms with Crippen molar-refractivity contribution >= 4 is 5.97 Å². The molecule has 1 aromatic rings. The Balaban J connectivity index is 1.77. The van der Waals surface area contributed by atoms with Crippen LogP contribution in [0.4, 0.5) is 4.39 Å². The fraction of sp³-hybridized carbons (Fsp3) is 0.588. The number of nitrogens with zero attached hydrogens (tertiary/aromatic N) is 1. The van der Waals surface area contributed by atoms with Gasteiger partial charge in [0.15, 0.2) is 0 Å². The minimum atomic E-state index is -0.697. The number of aliphatic carboxylic acids is 1. The van der Waals surface area contributed by atoms with Gasteiger partial charge in [0.05, 0.1) is 0 Å². The monoisotopic (exact) mass is 293 g/mol. The highest BCUT2D eigenvalue weighted by atomic mass is 19.1. The number of carbonyl (C=O) groups is 1. The van der Waals surface area contributed by atoms with Crippen molar-refractivity contribution in [2.45, 2.75) is 45.1 Å². The number of hydrogen-bond donors (Lipinski definition) is 1. The zero-order chi connectivity index (χ0) is 15.2. The lowest BCUT2D eigenvalue weighted by Gasteiger charge is -2.36. The van der Waals surface area contributed by atoms with Crippen LogP contribution in [0, 0.1) is 11.7 Å². The molecule has 1 fully saturated rings. The predicted octanol–water partition coefficient (Wildman–Crippen LogP) is 3.33. The van der Waals surface area contributed by atoms with Crippen molar-refractivity contribution in [3.63, 3.8) is 0 Å². The van der Waals surface area contributed by atoms with Crippen molar-refractivity contribution in [3.8, 4) is 0 Å². The minimum Gasteiger partial charge on any atom is -0.481 e. The molecule has 21 heavy (non-hydrogen) atoms. The lowest BCUT2D eigenvalue weighted by Crippen LogP contribution is -2.41. The molecule has 3 nitrogen and oxygen atoms in total. The molecular weight excluding hydrogens is 269 g/mol. The average molecular weight is 293 g/mol. The molecule has 0 saturated carbocycles. The number of carboxylic acids is 1. The van der Waals surface area contributed by atoms with Crippen molar-refractivity contribution in [2.75, 3.05) is 13.1 Å². The van der Waals surface area contributed by atoms with E-state index in [1.165, 1.54) is 6.07 Å². The summed E-state index contributed by atoms with van der Waals surface area (Å²) in [6, 6.07) is 7.21. The Labute approximate surface area is 125 Å². The highest BCUT2D eigenvalue weighted by molar-refractivity contribution is 5.66. The van der Waals surface area contributed by atoms with Crippen LogP contribution in [0.25, 0.3) is 0 Å². The summed E-state index contributed by atoms with van der Waals surface area (Å²) in [5.74, 6) is -0.331. The average Bonchev–Trinajstić information content (AvgIpc) is 2.45. The van der Waals surface area contributed by atoms with Gasteiger partial charge in [-0.05, 0) is 69.3 Å². The molecule has 0 spiro atoms. The van der Waals surface area contributed by atoms with Gasteiger partial charge in [-0.2, -0.15) is 0 Å². The number of carboxylic acid groups (broad SMARTS) is 1. The normalized spacial score (nSPS) is 18.6. The molecule has 1 unspecified atom stereocenters. The van der Waals surface area contributed by atoms with E-state index in [9.17, 15) is 9.18 Å². The van der Waals surface area contributed by atoms with E-state index in [1.807, 2.05) is 6.07 Å². The summed E-state index contributed by atoms with van der Waals surface area (Å²) in [6.45, 7) is 4.21. The van der Waals surface area contributed by atoms with E-state index in [0.29, 0.717) is 12.0 Å². The minimum absolute atomic E-state index is 0.174. The number of likely N-dealkylation sites (tertiary alicyclic amines) is 1. The van der Waals surface area contributed by atoms with Gasteiger partial charge >= 0.3 is 5.97 Å². The highest BCUT2D eigenvalue weighted by Gasteiger charge is 2.23. The molecule has 1 saturated heterocycles. The highest BCUT2D eigenvalue weighted by Crippen LogP contribution is 2.24. The van der Waals surface area contributed by atoms with Crippen LogP contribution in [-0.2, 0) is 11.2 Å². The van der Waals surface area contributed by atoms with Crippen LogP contribution in [0.2, 0.25) is 0 Å². The third-order valence-electron chi connectivity index (χ3n) is 4.46. The SMILES string of the molecule is CC(Cc1cccc(F)c1)N1CCC(CCC(=O)O)CC1. The molecule has 0 aromatic heterocycles. The third-order valence-corrected chi connectivity index (χ3v) is 4.46. The first kappa shape index (κ1) is 16.0. The Morgan fingerprint density at radius 2 is 2.14 bits per heavy atom. The maximum absolute atomic E-state index is 13.2. The second-order valence-corrected chi connectivity index (χ2v) is 6.09. The van der Waals surface area contributed by atoms with Gasteiger partial charge in [-0.15, -0.1) is 0 Å². The van der Waals surface area contributed by atoms with Crippen molar-refractivity contribution in [1.82, 2.24) is 4.90 Å². The van der Waals surface area contributed by atoms with E-state index in [4.69, 9.17) is 5.11 Å². The topological polar surface area (TPSA) is 40.5 Å². The standard InChI is InChI=1S/C17H24FNO2/c1-13(11-15-3-2-4-16(18)12-15)19-9-7-14(8-10-19)5-6-17(20)21/h2-4,12-14H,5-11H2,1H3,(H,20,21). The molecular formula is C17H24FNO2. The van der Waals surface area contributed by atoms with E-state index < -0.39 is 5.97 Å². The quantitative estimate of drug-likeness (QED) is 0.874. The van der Waals surface area contributed by atoms with Gasteiger partial charge in [0.1, 0.15) is 5.82 Å². The Bertz CT molecular complexity index is 470. The van der Waals surface area contributed by atoms with Crippen molar-refractivity contribution in [1.29, 1.82) is 0 Å². The zero-order valence-corrected chi connectivity index (χ0v) is 12.6. The molecule has 0 amide bonds. The lowest BCUT2D eigenvalue weighted by atomic mass is 9.91. The molecule has 2 rings (SSSR count). The van der Waals surface area contributed by atoms with Gasteiger partial charge in [0, 0.05) is 12.5 Å². The molecule has 0 bridgehead atoms. The molecule has 0 aliphatic carbocycles. The first-order valence-electron chi connectivity index (χ1n) is 7.75. The Hall–Kier alpha value is -1.42. The summed E-state index contributed by atoms with van der Waals surface area (Å²) in [7, 11) is 0. The van der Waals surface area contributed by atoms with Gasteiger partial charge in [-0.3, -0.25) is 4.79 Å². The van der Waals surface area contributed by atoms with E-state index in [1.54, 1.807) is 12.1 Å². The van der Waals surface area contributed by atoms with Crippen molar-refractivity contribution in [2.24, 2.45) is 5.92 Å². The zero-order valence-electron chi connectivity index (χ0n) is 12.6. The Morgan fingerprint density at radius 1 is 1.43 bits per heavy atom. The summed E-state index contributed by atoms with van der Waals surface area (Å²) < 4.78 is 13.2. The molecule has 0 radical (unpaired) electrons. The molecule has 1 heterocycles. The molecule has 1 aliphatic rings. The first-order chi connectivity index (χ1) is 10.0. The predicted molar refractivity (Wildman–Crippen MR) is 80.7 cm³/mol. The van der Waals surface area contributed by atoms with Crippen LogP contribution in [0.1, 0.15) is 38.2 Å². The van der Waals surface area contributed by atoms with E-state index >= 15 is 0 Å². The lowest BCUT2D eigenvalue weighted by molar-refractivity contribution is -0.137. The molecule has 1 N–H and O–H groups in total. The second kappa shape index (κ2) is 7.55. The Kier molecular flexibility index (Phi) is 5.74. The molecule has 116 valence electrons. The summed E-state index contributed by atoms with van der Waals surface area (Å²) in [5, 5.41) is 8.73. The molecule has 4 heteroatoms. The van der Waals surface area contributed by atoms with Crippen LogP contribution >= 0.6 is 0 Å². The second-order valence-electron chi connectivity index (χ2n) is 6.09. The van der Waals surface area contributed by atoms with Crippen LogP contribution in [0.15, 0.2) is 24.3 Å². The molecule has 1 aromatic carbocycles. The fourth-order valence-corrected chi connectivity index (χ4v) is 3.14. The van der Waals surface area contributed by atoms with Gasteiger partial charge in [0.25, 0.3) is 0 Å². The van der Waals surface area contributed by atoms with Crippen molar-refractivity contribution < 1.29 is 14.3 Å². The van der Waals surface area contributed by atoms with Crippen LogP contribution in [0.3, 0.4) is 0 Å². The van der Waals surface area contributed by atoms with Crippen LogP contribution < -0.4 is 0 Å². The largest absolute Gasteiger partial charge is 0.481 e. The summed E-state index contributed by atoms with van der Waals surface area (Å²) in [5.41, 5.74) is 1.04. The Morgan fingerprint density at radius 3 is 2.76 bits per heavy atom. The number of benzene rings is 1. The fourth-order valence-electron chi connectivity index (χ4n) is 3.14. The van der Waals surface area contributed by atoms with Crippen molar-refractivity contribution in [3.05, 3.63) is 35.6 Å². The van der Waals surface area contributed by atoms with Gasteiger partial charge in [0.2, 0.25) is 0 Å². The number of piperidine rings is 1. The van der Waals surface area contributed by atoms with Crippen LogP contribution in [-0.4, -0.2) is 35.1 Å². The van der Waals surface area contributed by atoms with Gasteiger partial charge < -0.3 is 10.0 Å². The number of rotatable bonds is 6. The van der Waals surface area contributed by atoms with E-state index in [2.05, 4.69) is 11.8 Å². The summed E-state index contributed by atoms with van der Waals surface area (Å²) in [6.07, 6.45) is 4.07. The third kappa shape index (κ3) is 5.12. The number of halogens is 1. The van der Waals surface area contributed by atoms with Gasteiger partial charge in [-0.1, -0.05) is 12.1 Å².